The summed E-state index contributed by atoms with van der Waals surface area (Å²) in [6, 6.07) is 11.8. The Morgan fingerprint density at radius 3 is 2.63 bits per heavy atom. The number of benzene rings is 1. The topological polar surface area (TPSA) is 164 Å². The molecular weight excluding hydrogens is 530 g/mol. The number of aliphatic hydroxyl groups excluding tert-OH is 3. The molecule has 13 nitrogen and oxygen atoms in total. The lowest BCUT2D eigenvalue weighted by atomic mass is 10.1. The number of aliphatic hydroxyl groups is 3. The number of hydrogen-bond donors (Lipinski definition) is 4. The Bertz CT molecular complexity index is 1440. The Morgan fingerprint density at radius 2 is 1.90 bits per heavy atom. The van der Waals surface area contributed by atoms with Crippen LogP contribution in [-0.4, -0.2) is 84.7 Å². The van der Waals surface area contributed by atoms with Crippen LogP contribution in [0.4, 0.5) is 11.8 Å². The summed E-state index contributed by atoms with van der Waals surface area (Å²) < 4.78 is 18.6. The number of imidazole rings is 1. The minimum absolute atomic E-state index is 0.130. The maximum Gasteiger partial charge on any atom is 0.231 e. The summed E-state index contributed by atoms with van der Waals surface area (Å²) in [5, 5.41) is 39.7. The first-order valence-corrected chi connectivity index (χ1v) is 14.0. The van der Waals surface area contributed by atoms with Crippen molar-refractivity contribution in [1.82, 2.24) is 24.7 Å². The molecule has 2 aliphatic rings. The fourth-order valence-electron chi connectivity index (χ4n) is 5.26. The molecule has 13 heteroatoms. The zero-order valence-electron chi connectivity index (χ0n) is 22.8. The third kappa shape index (κ3) is 5.63. The number of rotatable bonds is 10. The molecule has 6 rings (SSSR count). The number of aryl methyl sites for hydroxylation is 1. The number of hydrogen-bond acceptors (Lipinski definition) is 12. The lowest BCUT2D eigenvalue weighted by Gasteiger charge is -2.25. The smallest absolute Gasteiger partial charge is 0.231 e. The maximum absolute atomic E-state index is 11.0. The van der Waals surface area contributed by atoms with Gasteiger partial charge in [-0.25, -0.2) is 4.98 Å². The van der Waals surface area contributed by atoms with Crippen LogP contribution < -0.4 is 10.2 Å². The summed E-state index contributed by atoms with van der Waals surface area (Å²) in [4.78, 5) is 15.8. The molecule has 0 aliphatic carbocycles. The van der Waals surface area contributed by atoms with Crippen molar-refractivity contribution in [1.29, 1.82) is 0 Å². The molecule has 41 heavy (non-hydrogen) atoms. The van der Waals surface area contributed by atoms with Crippen LogP contribution in [0.3, 0.4) is 0 Å². The lowest BCUT2D eigenvalue weighted by Crippen LogP contribution is -2.31. The molecule has 0 saturated carbocycles. The molecule has 2 fully saturated rings. The molecule has 1 aromatic carbocycles. The summed E-state index contributed by atoms with van der Waals surface area (Å²) in [6.45, 7) is 3.43. The van der Waals surface area contributed by atoms with Gasteiger partial charge in [-0.15, -0.1) is 0 Å². The minimum Gasteiger partial charge on any atom is -0.387 e. The Kier molecular flexibility index (Phi) is 8.12. The third-order valence-corrected chi connectivity index (χ3v) is 7.67. The van der Waals surface area contributed by atoms with Gasteiger partial charge < -0.3 is 39.5 Å². The van der Waals surface area contributed by atoms with Crippen LogP contribution in [0, 0.1) is 0 Å². The first-order valence-electron chi connectivity index (χ1n) is 14.0. The molecule has 0 bridgehead atoms. The van der Waals surface area contributed by atoms with E-state index in [0.717, 1.165) is 24.1 Å². The van der Waals surface area contributed by atoms with Gasteiger partial charge in [0.1, 0.15) is 25.0 Å². The SMILES string of the molecule is CCc1cc([C@H]2O[C@@H](n3cnc4c(NC5CCOCC5)nc(N(CO)CCc5ccccc5)nc43)[C@H](O)[C@@H]2O)on1. The third-order valence-electron chi connectivity index (χ3n) is 7.67. The second-order valence-electron chi connectivity index (χ2n) is 10.4. The van der Waals surface area contributed by atoms with Gasteiger partial charge in [-0.05, 0) is 31.2 Å². The lowest BCUT2D eigenvalue weighted by molar-refractivity contribution is -0.0434. The molecule has 4 N–H and O–H groups in total. The molecule has 4 atom stereocenters. The van der Waals surface area contributed by atoms with E-state index in [9.17, 15) is 15.3 Å². The molecule has 0 amide bonds. The van der Waals surface area contributed by atoms with Gasteiger partial charge in [0.15, 0.2) is 29.0 Å². The van der Waals surface area contributed by atoms with E-state index in [2.05, 4.69) is 15.5 Å². The molecule has 0 spiro atoms. The molecule has 0 unspecified atom stereocenters. The van der Waals surface area contributed by atoms with E-state index in [0.29, 0.717) is 61.3 Å². The van der Waals surface area contributed by atoms with Crippen molar-refractivity contribution >= 4 is 22.9 Å². The van der Waals surface area contributed by atoms with E-state index in [4.69, 9.17) is 24.0 Å². The van der Waals surface area contributed by atoms with Crippen LogP contribution >= 0.6 is 0 Å². The Labute approximate surface area is 236 Å². The highest BCUT2D eigenvalue weighted by Gasteiger charge is 2.47. The van der Waals surface area contributed by atoms with Crippen LogP contribution in [0.25, 0.3) is 11.2 Å². The molecule has 3 aromatic heterocycles. The Balaban J connectivity index is 1.35. The van der Waals surface area contributed by atoms with Gasteiger partial charge in [0.25, 0.3) is 0 Å². The zero-order chi connectivity index (χ0) is 28.3. The standard InChI is InChI=1S/C28H35N7O6/c1-2-18-14-20(41-33-18)24-22(37)23(38)27(40-24)35-15-29-21-25(30-19-9-12-39-13-10-19)31-28(32-26(21)35)34(16-36)11-8-17-6-4-3-5-7-17/h3-7,14-15,19,22-24,27,36-38H,2,8-13,16H2,1H3,(H,30,31,32)/t22-,23+,24+,27+/m0/s1. The minimum atomic E-state index is -1.29. The molecule has 2 aliphatic heterocycles. The van der Waals surface area contributed by atoms with Gasteiger partial charge in [0.05, 0.1) is 12.0 Å². The molecule has 4 aromatic rings. The van der Waals surface area contributed by atoms with Crippen molar-refractivity contribution in [3.63, 3.8) is 0 Å². The van der Waals surface area contributed by atoms with Gasteiger partial charge >= 0.3 is 0 Å². The van der Waals surface area contributed by atoms with Gasteiger partial charge in [-0.1, -0.05) is 42.4 Å². The average Bonchev–Trinajstić information content (AvgIpc) is 3.73. The normalized spacial score (nSPS) is 23.3. The van der Waals surface area contributed by atoms with E-state index in [-0.39, 0.29) is 12.8 Å². The van der Waals surface area contributed by atoms with Crippen molar-refractivity contribution in [3.05, 3.63) is 59.7 Å². The van der Waals surface area contributed by atoms with E-state index >= 15 is 0 Å². The van der Waals surface area contributed by atoms with E-state index < -0.39 is 24.5 Å². The molecule has 2 saturated heterocycles. The van der Waals surface area contributed by atoms with Crippen LogP contribution in [-0.2, 0) is 22.3 Å². The number of nitrogens with one attached hydrogen (secondary N) is 1. The van der Waals surface area contributed by atoms with Crippen molar-refractivity contribution in [2.75, 3.05) is 36.7 Å². The van der Waals surface area contributed by atoms with Crippen molar-refractivity contribution < 1.29 is 29.3 Å². The van der Waals surface area contributed by atoms with E-state index in [1.54, 1.807) is 15.5 Å². The highest BCUT2D eigenvalue weighted by molar-refractivity contribution is 5.84. The van der Waals surface area contributed by atoms with Gasteiger partial charge in [0.2, 0.25) is 5.95 Å². The molecular formula is C28H35N7O6. The van der Waals surface area contributed by atoms with E-state index in [1.165, 1.54) is 6.33 Å². The number of anilines is 2. The van der Waals surface area contributed by atoms with Crippen LogP contribution in [0.2, 0.25) is 0 Å². The van der Waals surface area contributed by atoms with Crippen LogP contribution in [0.5, 0.6) is 0 Å². The highest BCUT2D eigenvalue weighted by Crippen LogP contribution is 2.40. The van der Waals surface area contributed by atoms with Crippen molar-refractivity contribution in [3.8, 4) is 0 Å². The summed E-state index contributed by atoms with van der Waals surface area (Å²) in [7, 11) is 0. The molecule has 5 heterocycles. The summed E-state index contributed by atoms with van der Waals surface area (Å²) in [6.07, 6.45) is 0.0386. The summed E-state index contributed by atoms with van der Waals surface area (Å²) >= 11 is 0. The number of fused-ring (bicyclic) bond motifs is 1. The summed E-state index contributed by atoms with van der Waals surface area (Å²) in [5.41, 5.74) is 2.73. The first-order chi connectivity index (χ1) is 20.1. The predicted octanol–water partition coefficient (Wildman–Crippen LogP) is 1.96. The molecule has 218 valence electrons. The zero-order valence-corrected chi connectivity index (χ0v) is 22.8. The Hall–Kier alpha value is -3.62. The quantitative estimate of drug-likeness (QED) is 0.207. The van der Waals surface area contributed by atoms with Gasteiger partial charge in [-0.2, -0.15) is 9.97 Å². The van der Waals surface area contributed by atoms with Crippen molar-refractivity contribution in [2.24, 2.45) is 0 Å². The van der Waals surface area contributed by atoms with E-state index in [1.807, 2.05) is 37.3 Å². The Morgan fingerprint density at radius 1 is 1.10 bits per heavy atom. The van der Waals surface area contributed by atoms with Gasteiger partial charge in [0, 0.05) is 31.9 Å². The fraction of sp³-hybridized carbons (Fsp3) is 0.500. The van der Waals surface area contributed by atoms with Crippen molar-refractivity contribution in [2.45, 2.75) is 63.2 Å². The highest BCUT2D eigenvalue weighted by atomic mass is 16.6. The second-order valence-corrected chi connectivity index (χ2v) is 10.4. The first kappa shape index (κ1) is 27.5. The second kappa shape index (κ2) is 12.1. The average molecular weight is 566 g/mol. The van der Waals surface area contributed by atoms with Crippen LogP contribution in [0.1, 0.15) is 49.1 Å². The molecule has 0 radical (unpaired) electrons. The summed E-state index contributed by atoms with van der Waals surface area (Å²) in [5.74, 6) is 1.16. The maximum atomic E-state index is 11.0. The van der Waals surface area contributed by atoms with Gasteiger partial charge in [-0.3, -0.25) is 4.57 Å². The van der Waals surface area contributed by atoms with Crippen LogP contribution in [0.15, 0.2) is 47.2 Å². The monoisotopic (exact) mass is 565 g/mol. The number of nitrogens with zero attached hydrogens (tertiary/aromatic N) is 6. The number of ether oxygens (including phenoxy) is 2. The largest absolute Gasteiger partial charge is 0.387 e. The predicted molar refractivity (Wildman–Crippen MR) is 148 cm³/mol. The number of aromatic nitrogens is 5. The fourth-order valence-corrected chi connectivity index (χ4v) is 5.26.